The van der Waals surface area contributed by atoms with Crippen molar-refractivity contribution in [1.82, 2.24) is 15.3 Å². The number of rotatable bonds is 4. The fourth-order valence-electron chi connectivity index (χ4n) is 1.70. The number of hydrogen-bond acceptors (Lipinski definition) is 3. The Balaban J connectivity index is 2.13. The summed E-state index contributed by atoms with van der Waals surface area (Å²) in [5.74, 6) is 0. The summed E-state index contributed by atoms with van der Waals surface area (Å²) in [5, 5.41) is 3.27. The van der Waals surface area contributed by atoms with E-state index < -0.39 is 0 Å². The average Bonchev–Trinajstić information content (AvgIpc) is 2.39. The molecule has 4 heteroatoms. The minimum Gasteiger partial charge on any atom is -0.311 e. The number of benzene rings is 1. The highest BCUT2D eigenvalue weighted by Gasteiger charge is 2.11. The van der Waals surface area contributed by atoms with Crippen LogP contribution in [0.3, 0.4) is 0 Å². The van der Waals surface area contributed by atoms with Crippen molar-refractivity contribution < 1.29 is 0 Å². The second kappa shape index (κ2) is 5.89. The third-order valence-corrected chi connectivity index (χ3v) is 3.17. The number of hydrogen-bond donors (Lipinski definition) is 1. The molecule has 0 saturated heterocycles. The molecule has 1 heterocycles. The van der Waals surface area contributed by atoms with Gasteiger partial charge in [0.15, 0.2) is 0 Å². The molecule has 0 aliphatic rings. The van der Waals surface area contributed by atoms with E-state index >= 15 is 0 Å². The van der Waals surface area contributed by atoms with E-state index in [9.17, 15) is 0 Å². The topological polar surface area (TPSA) is 37.8 Å². The molecule has 1 N–H and O–H groups in total. The predicted octanol–water partition coefficient (Wildman–Crippen LogP) is 2.74. The maximum atomic E-state index is 4.33. The van der Waals surface area contributed by atoms with Crippen LogP contribution in [0.1, 0.15) is 17.3 Å². The van der Waals surface area contributed by atoms with Gasteiger partial charge in [0.25, 0.3) is 0 Å². The van der Waals surface area contributed by atoms with E-state index in [4.69, 9.17) is 0 Å². The van der Waals surface area contributed by atoms with Crippen LogP contribution < -0.4 is 5.32 Å². The van der Waals surface area contributed by atoms with Crippen LogP contribution in [0, 0.1) is 0 Å². The van der Waals surface area contributed by atoms with Gasteiger partial charge in [-0.25, -0.2) is 0 Å². The van der Waals surface area contributed by atoms with E-state index in [1.807, 2.05) is 7.05 Å². The van der Waals surface area contributed by atoms with Gasteiger partial charge >= 0.3 is 0 Å². The van der Waals surface area contributed by atoms with Gasteiger partial charge in [-0.2, -0.15) is 0 Å². The molecule has 0 spiro atoms. The van der Waals surface area contributed by atoms with E-state index in [1.54, 1.807) is 18.6 Å². The Hall–Kier alpha value is -1.26. The minimum absolute atomic E-state index is 0.199. The zero-order chi connectivity index (χ0) is 12.1. The van der Waals surface area contributed by atoms with Gasteiger partial charge in [0.2, 0.25) is 0 Å². The van der Waals surface area contributed by atoms with E-state index in [1.165, 1.54) is 5.56 Å². The zero-order valence-corrected chi connectivity index (χ0v) is 11.2. The molecule has 3 nitrogen and oxygen atoms in total. The van der Waals surface area contributed by atoms with Crippen molar-refractivity contribution in [2.75, 3.05) is 7.05 Å². The Morgan fingerprint density at radius 1 is 1.24 bits per heavy atom. The molecule has 17 heavy (non-hydrogen) atoms. The molecule has 88 valence electrons. The number of likely N-dealkylation sites (N-methyl/N-ethyl adjacent to an activating group) is 1. The quantitative estimate of drug-likeness (QED) is 0.941. The Kier molecular flexibility index (Phi) is 4.23. The predicted molar refractivity (Wildman–Crippen MR) is 71.7 cm³/mol. The lowest BCUT2D eigenvalue weighted by molar-refractivity contribution is 0.573. The van der Waals surface area contributed by atoms with Crippen LogP contribution in [0.15, 0.2) is 47.3 Å². The molecule has 0 amide bonds. The molecule has 0 fully saturated rings. The summed E-state index contributed by atoms with van der Waals surface area (Å²) in [6, 6.07) is 8.54. The Morgan fingerprint density at radius 3 is 2.59 bits per heavy atom. The zero-order valence-electron chi connectivity index (χ0n) is 9.60. The van der Waals surface area contributed by atoms with Gasteiger partial charge < -0.3 is 5.32 Å². The summed E-state index contributed by atoms with van der Waals surface area (Å²) >= 11 is 3.44. The molecule has 0 saturated carbocycles. The first kappa shape index (κ1) is 12.2. The first-order valence-corrected chi connectivity index (χ1v) is 6.26. The molecule has 0 radical (unpaired) electrons. The average molecular weight is 292 g/mol. The first-order valence-electron chi connectivity index (χ1n) is 5.47. The van der Waals surface area contributed by atoms with Crippen LogP contribution in [-0.4, -0.2) is 17.0 Å². The SMILES string of the molecule is CNC(Cc1ccc(Br)cc1)c1cnccn1. The molecule has 0 aliphatic heterocycles. The second-order valence-corrected chi connectivity index (χ2v) is 4.72. The second-order valence-electron chi connectivity index (χ2n) is 3.80. The van der Waals surface area contributed by atoms with Crippen LogP contribution in [0.2, 0.25) is 0 Å². The monoisotopic (exact) mass is 291 g/mol. The van der Waals surface area contributed by atoms with Gasteiger partial charge in [-0.1, -0.05) is 28.1 Å². The fraction of sp³-hybridized carbons (Fsp3) is 0.231. The lowest BCUT2D eigenvalue weighted by Crippen LogP contribution is -2.20. The molecule has 1 aromatic heterocycles. The third-order valence-electron chi connectivity index (χ3n) is 2.64. The molecule has 0 bridgehead atoms. The largest absolute Gasteiger partial charge is 0.311 e. The molecule has 0 aliphatic carbocycles. The summed E-state index contributed by atoms with van der Waals surface area (Å²) in [6.07, 6.45) is 6.12. The van der Waals surface area contributed by atoms with E-state index in [0.29, 0.717) is 0 Å². The molecular formula is C13H14BrN3. The van der Waals surface area contributed by atoms with Crippen molar-refractivity contribution in [1.29, 1.82) is 0 Å². The smallest absolute Gasteiger partial charge is 0.0759 e. The molecule has 2 aromatic rings. The maximum absolute atomic E-state index is 4.33. The lowest BCUT2D eigenvalue weighted by Gasteiger charge is -2.15. The molecule has 1 unspecified atom stereocenters. The van der Waals surface area contributed by atoms with Gasteiger partial charge in [0.05, 0.1) is 11.7 Å². The van der Waals surface area contributed by atoms with Crippen molar-refractivity contribution in [3.05, 3.63) is 58.6 Å². The van der Waals surface area contributed by atoms with Crippen LogP contribution in [-0.2, 0) is 6.42 Å². The standard InChI is InChI=1S/C13H14BrN3/c1-15-12(13-9-16-6-7-17-13)8-10-2-4-11(14)5-3-10/h2-7,9,12,15H,8H2,1H3. The Morgan fingerprint density at radius 2 is 2.00 bits per heavy atom. The number of nitrogens with one attached hydrogen (secondary N) is 1. The highest BCUT2D eigenvalue weighted by Crippen LogP contribution is 2.17. The third kappa shape index (κ3) is 3.35. The molecule has 1 aromatic carbocycles. The first-order chi connectivity index (χ1) is 8.29. The summed E-state index contributed by atoms with van der Waals surface area (Å²) in [6.45, 7) is 0. The molecular weight excluding hydrogens is 278 g/mol. The maximum Gasteiger partial charge on any atom is 0.0759 e. The summed E-state index contributed by atoms with van der Waals surface area (Å²) in [7, 11) is 1.94. The molecule has 2 rings (SSSR count). The number of aromatic nitrogens is 2. The van der Waals surface area contributed by atoms with Crippen LogP contribution in [0.5, 0.6) is 0 Å². The van der Waals surface area contributed by atoms with Gasteiger partial charge in [-0.15, -0.1) is 0 Å². The molecule has 1 atom stereocenters. The highest BCUT2D eigenvalue weighted by molar-refractivity contribution is 9.10. The van der Waals surface area contributed by atoms with Crippen molar-refractivity contribution >= 4 is 15.9 Å². The Labute approximate surface area is 109 Å². The van der Waals surface area contributed by atoms with Crippen molar-refractivity contribution in [3.63, 3.8) is 0 Å². The summed E-state index contributed by atoms with van der Waals surface area (Å²) in [5.41, 5.74) is 2.25. The van der Waals surface area contributed by atoms with Gasteiger partial charge in [-0.05, 0) is 31.2 Å². The van der Waals surface area contributed by atoms with Crippen molar-refractivity contribution in [3.8, 4) is 0 Å². The van der Waals surface area contributed by atoms with E-state index in [2.05, 4.69) is 55.5 Å². The van der Waals surface area contributed by atoms with Crippen LogP contribution in [0.4, 0.5) is 0 Å². The highest BCUT2D eigenvalue weighted by atomic mass is 79.9. The normalized spacial score (nSPS) is 12.4. The van der Waals surface area contributed by atoms with Crippen LogP contribution >= 0.6 is 15.9 Å². The van der Waals surface area contributed by atoms with Crippen LogP contribution in [0.25, 0.3) is 0 Å². The van der Waals surface area contributed by atoms with E-state index in [-0.39, 0.29) is 6.04 Å². The summed E-state index contributed by atoms with van der Waals surface area (Å²) < 4.78 is 1.10. The lowest BCUT2D eigenvalue weighted by atomic mass is 10.0. The summed E-state index contributed by atoms with van der Waals surface area (Å²) in [4.78, 5) is 8.43. The van der Waals surface area contributed by atoms with Gasteiger partial charge in [0, 0.05) is 23.1 Å². The fourth-order valence-corrected chi connectivity index (χ4v) is 1.97. The van der Waals surface area contributed by atoms with E-state index in [0.717, 1.165) is 16.6 Å². The number of halogens is 1. The van der Waals surface area contributed by atoms with Crippen molar-refractivity contribution in [2.45, 2.75) is 12.5 Å². The van der Waals surface area contributed by atoms with Gasteiger partial charge in [-0.3, -0.25) is 9.97 Å². The van der Waals surface area contributed by atoms with Gasteiger partial charge in [0.1, 0.15) is 0 Å². The number of nitrogens with zero attached hydrogens (tertiary/aromatic N) is 2. The Bertz CT molecular complexity index is 456. The minimum atomic E-state index is 0.199. The van der Waals surface area contributed by atoms with Crippen molar-refractivity contribution in [2.24, 2.45) is 0 Å².